The van der Waals surface area contributed by atoms with Crippen molar-refractivity contribution in [3.05, 3.63) is 0 Å². The molecule has 0 aliphatic carbocycles. The monoisotopic (exact) mass is 477 g/mol. The van der Waals surface area contributed by atoms with Gasteiger partial charge in [-0.25, -0.2) is 0 Å². The van der Waals surface area contributed by atoms with E-state index in [9.17, 15) is 24.0 Å². The van der Waals surface area contributed by atoms with E-state index in [0.29, 0.717) is 26.4 Å². The van der Waals surface area contributed by atoms with Gasteiger partial charge in [0.25, 0.3) is 0 Å². The van der Waals surface area contributed by atoms with Crippen LogP contribution in [0.1, 0.15) is 20.3 Å². The molecule has 0 aliphatic rings. The number of nitrogens with zero attached hydrogens (tertiary/aromatic N) is 1. The molecule has 0 saturated heterocycles. The van der Waals surface area contributed by atoms with Crippen LogP contribution < -0.4 is 10.6 Å². The molecule has 0 aromatic rings. The van der Waals surface area contributed by atoms with Gasteiger partial charge in [-0.2, -0.15) is 0 Å². The van der Waals surface area contributed by atoms with Crippen LogP contribution >= 0.6 is 0 Å². The van der Waals surface area contributed by atoms with Crippen LogP contribution in [0.25, 0.3) is 0 Å². The maximum atomic E-state index is 11.8. The average Bonchev–Trinajstić information content (AvgIpc) is 2.75. The molecule has 0 spiro atoms. The second kappa shape index (κ2) is 20.0. The Balaban J connectivity index is 3.59. The molecule has 0 saturated carbocycles. The predicted octanol–water partition coefficient (Wildman–Crippen LogP) is -1.80. The fourth-order valence-corrected chi connectivity index (χ4v) is 2.25. The van der Waals surface area contributed by atoms with Crippen LogP contribution in [0, 0.1) is 0 Å². The first kappa shape index (κ1) is 30.4. The second-order valence-electron chi connectivity index (χ2n) is 6.73. The van der Waals surface area contributed by atoms with Gasteiger partial charge in [0, 0.05) is 19.5 Å². The predicted molar refractivity (Wildman–Crippen MR) is 114 cm³/mol. The van der Waals surface area contributed by atoms with Crippen molar-refractivity contribution in [2.24, 2.45) is 0 Å². The molecule has 0 unspecified atom stereocenters. The van der Waals surface area contributed by atoms with Crippen LogP contribution in [0.3, 0.4) is 0 Å². The second-order valence-corrected chi connectivity index (χ2v) is 6.73. The number of rotatable bonds is 21. The molecule has 190 valence electrons. The number of ketones is 1. The summed E-state index contributed by atoms with van der Waals surface area (Å²) < 4.78 is 20.7. The van der Waals surface area contributed by atoms with Gasteiger partial charge >= 0.3 is 5.97 Å². The van der Waals surface area contributed by atoms with Crippen molar-refractivity contribution in [3.63, 3.8) is 0 Å². The van der Waals surface area contributed by atoms with Crippen molar-refractivity contribution in [3.8, 4) is 0 Å². The molecular formula is C20H35N3O10. The zero-order chi connectivity index (χ0) is 24.9. The van der Waals surface area contributed by atoms with E-state index in [-0.39, 0.29) is 64.2 Å². The van der Waals surface area contributed by atoms with Crippen molar-refractivity contribution >= 4 is 29.5 Å². The molecule has 0 bridgehead atoms. The first-order chi connectivity index (χ1) is 15.8. The van der Waals surface area contributed by atoms with E-state index in [2.05, 4.69) is 10.6 Å². The summed E-state index contributed by atoms with van der Waals surface area (Å²) in [6.07, 6.45) is 0.105. The number of aliphatic carboxylic acids is 1. The third-order valence-electron chi connectivity index (χ3n) is 3.74. The first-order valence-corrected chi connectivity index (χ1v) is 10.6. The molecule has 3 amide bonds. The number of carbonyl (C=O) groups is 5. The van der Waals surface area contributed by atoms with Gasteiger partial charge in [-0.1, -0.05) is 6.92 Å². The summed E-state index contributed by atoms with van der Waals surface area (Å²) >= 11 is 0. The molecular weight excluding hydrogens is 442 g/mol. The van der Waals surface area contributed by atoms with Gasteiger partial charge in [-0.15, -0.1) is 0 Å². The fourth-order valence-electron chi connectivity index (χ4n) is 2.25. The van der Waals surface area contributed by atoms with E-state index in [1.165, 1.54) is 6.92 Å². The van der Waals surface area contributed by atoms with Gasteiger partial charge < -0.3 is 39.6 Å². The Bertz CT molecular complexity index is 615. The van der Waals surface area contributed by atoms with Gasteiger partial charge in [0.15, 0.2) is 5.78 Å². The topological polar surface area (TPSA) is 170 Å². The third kappa shape index (κ3) is 19.8. The first-order valence-electron chi connectivity index (χ1n) is 10.6. The lowest BCUT2D eigenvalue weighted by atomic mass is 10.3. The van der Waals surface area contributed by atoms with E-state index in [0.717, 1.165) is 4.90 Å². The number of carboxylic acids is 1. The zero-order valence-corrected chi connectivity index (χ0v) is 19.3. The lowest BCUT2D eigenvalue weighted by Gasteiger charge is -2.19. The number of ether oxygens (including phenoxy) is 4. The fraction of sp³-hybridized carbons (Fsp3) is 0.750. The van der Waals surface area contributed by atoms with Gasteiger partial charge in [-0.05, 0) is 6.92 Å². The van der Waals surface area contributed by atoms with Crippen LogP contribution in [-0.2, 0) is 42.9 Å². The Morgan fingerprint density at radius 3 is 1.76 bits per heavy atom. The highest BCUT2D eigenvalue weighted by Gasteiger charge is 2.18. The van der Waals surface area contributed by atoms with Crippen LogP contribution in [0.5, 0.6) is 0 Å². The largest absolute Gasteiger partial charge is 0.480 e. The number of nitrogens with one attached hydrogen (secondary N) is 2. The summed E-state index contributed by atoms with van der Waals surface area (Å²) in [6.45, 7) is 4.11. The quantitative estimate of drug-likeness (QED) is 0.160. The Morgan fingerprint density at radius 2 is 1.24 bits per heavy atom. The Hall–Kier alpha value is -2.61. The minimum Gasteiger partial charge on any atom is -0.480 e. The summed E-state index contributed by atoms with van der Waals surface area (Å²) in [4.78, 5) is 57.4. The normalized spacial score (nSPS) is 10.5. The number of carbonyl (C=O) groups excluding carboxylic acids is 4. The van der Waals surface area contributed by atoms with Crippen molar-refractivity contribution in [2.45, 2.75) is 20.3 Å². The smallest absolute Gasteiger partial charge is 0.323 e. The average molecular weight is 478 g/mol. The van der Waals surface area contributed by atoms with Crippen molar-refractivity contribution < 1.29 is 48.0 Å². The summed E-state index contributed by atoms with van der Waals surface area (Å²) in [5, 5.41) is 13.9. The highest BCUT2D eigenvalue weighted by atomic mass is 16.5. The number of hydrogen-bond donors (Lipinski definition) is 3. The number of amides is 3. The lowest BCUT2D eigenvalue weighted by molar-refractivity contribution is -0.145. The SMILES string of the molecule is CCC(=O)N(CC(=O)O)CC(=O)NCCOCCOCC(=O)NCCOCCOCC(C)=O. The van der Waals surface area contributed by atoms with Crippen LogP contribution in [0.4, 0.5) is 0 Å². The molecule has 0 rings (SSSR count). The summed E-state index contributed by atoms with van der Waals surface area (Å²) in [5.74, 6) is -2.45. The van der Waals surface area contributed by atoms with E-state index >= 15 is 0 Å². The summed E-state index contributed by atoms with van der Waals surface area (Å²) in [7, 11) is 0. The molecule has 0 aromatic carbocycles. The minimum atomic E-state index is -1.19. The van der Waals surface area contributed by atoms with Gasteiger partial charge in [-0.3, -0.25) is 24.0 Å². The molecule has 0 fully saturated rings. The molecule has 3 N–H and O–H groups in total. The van der Waals surface area contributed by atoms with Crippen LogP contribution in [0.15, 0.2) is 0 Å². The highest BCUT2D eigenvalue weighted by molar-refractivity contribution is 5.87. The summed E-state index contributed by atoms with van der Waals surface area (Å²) in [5.41, 5.74) is 0. The van der Waals surface area contributed by atoms with Crippen molar-refractivity contribution in [1.82, 2.24) is 15.5 Å². The standard InChI is InChI=1S/C20H35N3O10/c1-3-19(27)23(13-20(28)29)12-17(25)21-4-6-30-9-11-33-15-18(26)22-5-7-31-8-10-32-14-16(2)24/h3-15H2,1-2H3,(H,21,25)(H,22,26)(H,28,29). The lowest BCUT2D eigenvalue weighted by Crippen LogP contribution is -2.43. The maximum Gasteiger partial charge on any atom is 0.323 e. The van der Waals surface area contributed by atoms with E-state index < -0.39 is 24.3 Å². The highest BCUT2D eigenvalue weighted by Crippen LogP contribution is 1.94. The zero-order valence-electron chi connectivity index (χ0n) is 19.3. The number of Topliss-reactive ketones (excluding diaryl/α,β-unsaturated/α-hetero) is 1. The number of carboxylic acid groups (broad SMARTS) is 1. The molecule has 0 atom stereocenters. The maximum absolute atomic E-state index is 11.8. The third-order valence-corrected chi connectivity index (χ3v) is 3.74. The molecule has 13 heteroatoms. The van der Waals surface area contributed by atoms with E-state index in [1.54, 1.807) is 6.92 Å². The van der Waals surface area contributed by atoms with E-state index in [4.69, 9.17) is 24.1 Å². The van der Waals surface area contributed by atoms with Gasteiger partial charge in [0.1, 0.15) is 26.3 Å². The molecule has 0 heterocycles. The molecule has 0 aliphatic heterocycles. The minimum absolute atomic E-state index is 0.0537. The van der Waals surface area contributed by atoms with Gasteiger partial charge in [0.2, 0.25) is 17.7 Å². The van der Waals surface area contributed by atoms with Crippen LogP contribution in [-0.4, -0.2) is 119 Å². The molecule has 33 heavy (non-hydrogen) atoms. The Kier molecular flexibility index (Phi) is 18.4. The molecule has 0 radical (unpaired) electrons. The van der Waals surface area contributed by atoms with Crippen LogP contribution in [0.2, 0.25) is 0 Å². The van der Waals surface area contributed by atoms with Crippen molar-refractivity contribution in [2.75, 3.05) is 79.0 Å². The molecule has 13 nitrogen and oxygen atoms in total. The molecule has 0 aromatic heterocycles. The van der Waals surface area contributed by atoms with E-state index in [1.807, 2.05) is 0 Å². The Morgan fingerprint density at radius 1 is 0.727 bits per heavy atom. The van der Waals surface area contributed by atoms with Crippen molar-refractivity contribution in [1.29, 1.82) is 0 Å². The number of hydrogen-bond acceptors (Lipinski definition) is 9. The Labute approximate surface area is 193 Å². The summed E-state index contributed by atoms with van der Waals surface area (Å²) in [6, 6.07) is 0. The van der Waals surface area contributed by atoms with Gasteiger partial charge in [0.05, 0.1) is 39.6 Å².